The van der Waals surface area contributed by atoms with Crippen molar-refractivity contribution in [3.8, 4) is 5.75 Å². The van der Waals surface area contributed by atoms with Gasteiger partial charge in [0.05, 0.1) is 0 Å². The molecule has 0 fully saturated rings. The zero-order chi connectivity index (χ0) is 7.72. The summed E-state index contributed by atoms with van der Waals surface area (Å²) in [6.45, 7) is 0. The minimum atomic E-state index is -0.746. The van der Waals surface area contributed by atoms with Crippen molar-refractivity contribution < 1.29 is 9.50 Å². The Labute approximate surface area is 75.2 Å². The number of rotatable bonds is 0. The molecule has 0 atom stereocenters. The summed E-state index contributed by atoms with van der Waals surface area (Å²) in [6, 6.07) is 1.10. The number of halogens is 3. The van der Waals surface area contributed by atoms with Crippen molar-refractivity contribution in [1.82, 2.24) is 4.98 Å². The van der Waals surface area contributed by atoms with Crippen LogP contribution >= 0.6 is 34.2 Å². The lowest BCUT2D eigenvalue weighted by molar-refractivity contribution is 0.429. The Balaban J connectivity index is 3.31. The first-order chi connectivity index (χ1) is 4.61. The zero-order valence-corrected chi connectivity index (χ0v) is 7.52. The molecule has 1 aromatic rings. The quantitative estimate of drug-likeness (QED) is 0.580. The summed E-state index contributed by atoms with van der Waals surface area (Å²) in [6.07, 6.45) is 0. The van der Waals surface area contributed by atoms with Crippen LogP contribution in [-0.4, -0.2) is 10.1 Å². The first-order valence-electron chi connectivity index (χ1n) is 2.32. The van der Waals surface area contributed by atoms with Gasteiger partial charge in [0, 0.05) is 6.07 Å². The molecule has 0 amide bonds. The zero-order valence-electron chi connectivity index (χ0n) is 4.61. The van der Waals surface area contributed by atoms with Crippen molar-refractivity contribution in [3.05, 3.63) is 20.7 Å². The molecule has 0 saturated heterocycles. The van der Waals surface area contributed by atoms with Crippen molar-refractivity contribution in [2.24, 2.45) is 0 Å². The van der Waals surface area contributed by atoms with Gasteiger partial charge in [-0.2, -0.15) is 0 Å². The summed E-state index contributed by atoms with van der Waals surface area (Å²) < 4.78 is 12.9. The minimum Gasteiger partial charge on any atom is -0.503 e. The Hall–Kier alpha value is -0.100. The van der Waals surface area contributed by atoms with E-state index in [0.29, 0.717) is 3.70 Å². The first-order valence-corrected chi connectivity index (χ1v) is 3.77. The molecule has 10 heavy (non-hydrogen) atoms. The molecular weight excluding hydrogens is 271 g/mol. The van der Waals surface area contributed by atoms with Crippen LogP contribution in [0.5, 0.6) is 5.75 Å². The van der Waals surface area contributed by atoms with Crippen LogP contribution in [0.2, 0.25) is 5.15 Å². The molecule has 0 aliphatic heterocycles. The fraction of sp³-hybridized carbons (Fsp3) is 0. The number of aromatic hydroxyl groups is 1. The molecule has 0 aliphatic rings. The van der Waals surface area contributed by atoms with Gasteiger partial charge in [0.25, 0.3) is 0 Å². The normalized spacial score (nSPS) is 9.90. The van der Waals surface area contributed by atoms with Crippen LogP contribution in [0, 0.1) is 9.52 Å². The summed E-state index contributed by atoms with van der Waals surface area (Å²) in [5.41, 5.74) is 0. The number of hydrogen-bond donors (Lipinski definition) is 1. The van der Waals surface area contributed by atoms with E-state index in [0.717, 1.165) is 6.07 Å². The van der Waals surface area contributed by atoms with Gasteiger partial charge in [-0.1, -0.05) is 11.6 Å². The second-order valence-electron chi connectivity index (χ2n) is 1.57. The molecule has 1 aromatic heterocycles. The van der Waals surface area contributed by atoms with E-state index < -0.39 is 11.6 Å². The fourth-order valence-electron chi connectivity index (χ4n) is 0.450. The maximum atomic E-state index is 12.5. The van der Waals surface area contributed by atoms with E-state index in [1.54, 1.807) is 22.6 Å². The average Bonchev–Trinajstić information content (AvgIpc) is 1.82. The van der Waals surface area contributed by atoms with E-state index in [-0.39, 0.29) is 5.15 Å². The van der Waals surface area contributed by atoms with E-state index in [1.807, 2.05) is 0 Å². The largest absolute Gasteiger partial charge is 0.503 e. The molecule has 1 N–H and O–H groups in total. The van der Waals surface area contributed by atoms with E-state index in [9.17, 15) is 4.39 Å². The van der Waals surface area contributed by atoms with Crippen LogP contribution in [0.15, 0.2) is 6.07 Å². The third-order valence-electron chi connectivity index (χ3n) is 0.872. The van der Waals surface area contributed by atoms with Gasteiger partial charge >= 0.3 is 0 Å². The standard InChI is InChI=1S/C5H2ClFINO/c6-5-4(10)2(7)1-3(8)9-5/h1,10H. The fourth-order valence-corrected chi connectivity index (χ4v) is 1.29. The molecule has 0 aliphatic carbocycles. The Morgan fingerprint density at radius 3 is 2.80 bits per heavy atom. The maximum Gasteiger partial charge on any atom is 0.189 e. The second-order valence-corrected chi connectivity index (χ2v) is 3.03. The van der Waals surface area contributed by atoms with Crippen molar-refractivity contribution in [2.45, 2.75) is 0 Å². The molecule has 0 bridgehead atoms. The first kappa shape index (κ1) is 8.00. The Kier molecular flexibility index (Phi) is 2.30. The van der Waals surface area contributed by atoms with Gasteiger partial charge in [0.1, 0.15) is 3.70 Å². The van der Waals surface area contributed by atoms with Crippen molar-refractivity contribution in [1.29, 1.82) is 0 Å². The van der Waals surface area contributed by atoms with Crippen molar-refractivity contribution >= 4 is 34.2 Å². The molecule has 0 saturated carbocycles. The average molecular weight is 273 g/mol. The van der Waals surface area contributed by atoms with Gasteiger partial charge in [0.15, 0.2) is 16.7 Å². The molecule has 0 spiro atoms. The summed E-state index contributed by atoms with van der Waals surface area (Å²) in [5, 5.41) is 8.55. The van der Waals surface area contributed by atoms with Crippen molar-refractivity contribution in [3.63, 3.8) is 0 Å². The number of pyridine rings is 1. The Bertz CT molecular complexity index is 245. The second kappa shape index (κ2) is 2.87. The third kappa shape index (κ3) is 1.49. The third-order valence-corrected chi connectivity index (χ3v) is 1.69. The number of aromatic nitrogens is 1. The summed E-state index contributed by atoms with van der Waals surface area (Å²) in [4.78, 5) is 3.60. The van der Waals surface area contributed by atoms with Crippen LogP contribution < -0.4 is 0 Å². The lowest BCUT2D eigenvalue weighted by atomic mass is 10.4. The van der Waals surface area contributed by atoms with E-state index in [4.69, 9.17) is 16.7 Å². The van der Waals surface area contributed by atoms with Crippen LogP contribution in [0.3, 0.4) is 0 Å². The Morgan fingerprint density at radius 1 is 1.70 bits per heavy atom. The molecule has 0 aromatic carbocycles. The summed E-state index contributed by atoms with van der Waals surface area (Å²) in [7, 11) is 0. The smallest absolute Gasteiger partial charge is 0.189 e. The lowest BCUT2D eigenvalue weighted by Crippen LogP contribution is -1.85. The molecule has 1 heterocycles. The topological polar surface area (TPSA) is 33.1 Å². The van der Waals surface area contributed by atoms with E-state index in [1.165, 1.54) is 0 Å². The predicted molar refractivity (Wildman–Crippen MR) is 43.6 cm³/mol. The molecule has 54 valence electrons. The lowest BCUT2D eigenvalue weighted by Gasteiger charge is -1.96. The molecular formula is C5H2ClFINO. The van der Waals surface area contributed by atoms with Crippen LogP contribution in [0.1, 0.15) is 0 Å². The molecule has 1 rings (SSSR count). The summed E-state index contributed by atoms with van der Waals surface area (Å²) >= 11 is 7.11. The highest BCUT2D eigenvalue weighted by molar-refractivity contribution is 14.1. The van der Waals surface area contributed by atoms with Crippen LogP contribution in [0.4, 0.5) is 4.39 Å². The highest BCUT2D eigenvalue weighted by atomic mass is 127. The van der Waals surface area contributed by atoms with Crippen LogP contribution in [0.25, 0.3) is 0 Å². The molecule has 0 radical (unpaired) electrons. The van der Waals surface area contributed by atoms with Gasteiger partial charge in [-0.3, -0.25) is 0 Å². The van der Waals surface area contributed by atoms with Crippen LogP contribution in [-0.2, 0) is 0 Å². The molecule has 2 nitrogen and oxygen atoms in total. The number of hydrogen-bond acceptors (Lipinski definition) is 2. The number of nitrogens with zero attached hydrogens (tertiary/aromatic N) is 1. The highest BCUT2D eigenvalue weighted by Gasteiger charge is 2.07. The van der Waals surface area contributed by atoms with Gasteiger partial charge < -0.3 is 5.11 Å². The highest BCUT2D eigenvalue weighted by Crippen LogP contribution is 2.24. The van der Waals surface area contributed by atoms with Crippen molar-refractivity contribution in [2.75, 3.05) is 0 Å². The molecule has 0 unspecified atom stereocenters. The van der Waals surface area contributed by atoms with E-state index >= 15 is 0 Å². The maximum absolute atomic E-state index is 12.5. The van der Waals surface area contributed by atoms with Gasteiger partial charge in [-0.25, -0.2) is 9.37 Å². The Morgan fingerprint density at radius 2 is 2.30 bits per heavy atom. The summed E-state index contributed by atoms with van der Waals surface area (Å²) in [5.74, 6) is -1.34. The predicted octanol–water partition coefficient (Wildman–Crippen LogP) is 2.18. The minimum absolute atomic E-state index is 0.204. The monoisotopic (exact) mass is 273 g/mol. The van der Waals surface area contributed by atoms with Gasteiger partial charge in [0.2, 0.25) is 0 Å². The van der Waals surface area contributed by atoms with Gasteiger partial charge in [-0.15, -0.1) is 0 Å². The van der Waals surface area contributed by atoms with Gasteiger partial charge in [-0.05, 0) is 22.6 Å². The van der Waals surface area contributed by atoms with E-state index in [2.05, 4.69) is 4.98 Å². The SMILES string of the molecule is Oc1c(F)cc(I)nc1Cl. The molecule has 5 heteroatoms.